The second-order valence-electron chi connectivity index (χ2n) is 7.74. The molecule has 0 saturated carbocycles. The summed E-state index contributed by atoms with van der Waals surface area (Å²) in [5.41, 5.74) is 1.90. The van der Waals surface area contributed by atoms with E-state index in [0.717, 1.165) is 50.9 Å². The molecule has 3 aliphatic rings. The average molecular weight is 411 g/mol. The summed E-state index contributed by atoms with van der Waals surface area (Å²) in [7, 11) is 0. The summed E-state index contributed by atoms with van der Waals surface area (Å²) in [5, 5.41) is 6.00. The highest BCUT2D eigenvalue weighted by molar-refractivity contribution is 5.93. The van der Waals surface area contributed by atoms with E-state index in [9.17, 15) is 14.0 Å². The Hall–Kier alpha value is -1.86. The number of amides is 3. The van der Waals surface area contributed by atoms with Gasteiger partial charge in [-0.05, 0) is 55.8 Å². The van der Waals surface area contributed by atoms with Gasteiger partial charge in [0.25, 0.3) is 0 Å². The zero-order valence-corrected chi connectivity index (χ0v) is 16.8. The van der Waals surface area contributed by atoms with Crippen LogP contribution in [-0.4, -0.2) is 54.5 Å². The van der Waals surface area contributed by atoms with Crippen molar-refractivity contribution in [1.29, 1.82) is 0 Å². The normalized spacial score (nSPS) is 21.7. The quantitative estimate of drug-likeness (QED) is 0.788. The van der Waals surface area contributed by atoms with Crippen molar-refractivity contribution in [1.82, 2.24) is 15.1 Å². The van der Waals surface area contributed by atoms with E-state index >= 15 is 0 Å². The van der Waals surface area contributed by atoms with Gasteiger partial charge in [-0.3, -0.25) is 4.79 Å². The summed E-state index contributed by atoms with van der Waals surface area (Å²) in [4.78, 5) is 29.0. The van der Waals surface area contributed by atoms with Gasteiger partial charge in [0.1, 0.15) is 5.82 Å². The largest absolute Gasteiger partial charge is 0.325 e. The molecule has 0 aromatic heterocycles. The minimum atomic E-state index is -0.317. The lowest BCUT2D eigenvalue weighted by Crippen LogP contribution is -2.48. The number of hydrogen-bond acceptors (Lipinski definition) is 3. The van der Waals surface area contributed by atoms with Gasteiger partial charge < -0.3 is 20.4 Å². The monoisotopic (exact) mass is 410 g/mol. The molecule has 3 amide bonds. The van der Waals surface area contributed by atoms with Crippen molar-refractivity contribution in [3.8, 4) is 0 Å². The molecule has 3 aliphatic heterocycles. The van der Waals surface area contributed by atoms with Gasteiger partial charge >= 0.3 is 6.03 Å². The molecule has 0 aliphatic carbocycles. The highest BCUT2D eigenvalue weighted by Gasteiger charge is 2.32. The average Bonchev–Trinajstić information content (AvgIpc) is 3.24. The second kappa shape index (κ2) is 9.09. The number of fused-ring (bicyclic) bond motifs is 1. The maximum atomic E-state index is 14.8. The van der Waals surface area contributed by atoms with Crippen LogP contribution >= 0.6 is 12.4 Å². The standard InChI is InChI=1S/C20H27FN4O2.ClH/c21-18-16-7-8-22-12-14(16)5-6-17(18)23-19(26)15-4-3-11-25(13-15)20(27)24-9-1-2-10-24;/h5-6,15,22H,1-4,7-13H2,(H,23,26);1H. The van der Waals surface area contributed by atoms with E-state index in [4.69, 9.17) is 0 Å². The SMILES string of the molecule is Cl.O=C(Nc1ccc2c(c1F)CCNC2)C1CCCN(C(=O)N2CCCC2)C1. The first-order valence-electron chi connectivity index (χ1n) is 9.99. The summed E-state index contributed by atoms with van der Waals surface area (Å²) < 4.78 is 14.8. The lowest BCUT2D eigenvalue weighted by molar-refractivity contribution is -0.121. The van der Waals surface area contributed by atoms with Crippen LogP contribution in [0.25, 0.3) is 0 Å². The minimum absolute atomic E-state index is 0. The first kappa shape index (κ1) is 20.9. The van der Waals surface area contributed by atoms with Crippen LogP contribution in [0.1, 0.15) is 36.8 Å². The Balaban J connectivity index is 0.00000225. The molecule has 2 saturated heterocycles. The zero-order valence-electron chi connectivity index (χ0n) is 16.0. The van der Waals surface area contributed by atoms with E-state index in [0.29, 0.717) is 31.6 Å². The molecule has 4 rings (SSSR count). The number of nitrogens with one attached hydrogen (secondary N) is 2. The van der Waals surface area contributed by atoms with Gasteiger partial charge in [0.05, 0.1) is 11.6 Å². The summed E-state index contributed by atoms with van der Waals surface area (Å²) >= 11 is 0. The molecular weight excluding hydrogens is 383 g/mol. The number of hydrogen-bond donors (Lipinski definition) is 2. The van der Waals surface area contributed by atoms with Gasteiger partial charge in [-0.2, -0.15) is 0 Å². The fourth-order valence-electron chi connectivity index (χ4n) is 4.34. The zero-order chi connectivity index (χ0) is 18.8. The molecule has 28 heavy (non-hydrogen) atoms. The smallest absolute Gasteiger partial charge is 0.320 e. The van der Waals surface area contributed by atoms with Crippen molar-refractivity contribution in [2.24, 2.45) is 5.92 Å². The van der Waals surface area contributed by atoms with E-state index in [1.54, 1.807) is 11.0 Å². The second-order valence-corrected chi connectivity index (χ2v) is 7.74. The van der Waals surface area contributed by atoms with Crippen LogP contribution < -0.4 is 10.6 Å². The fraction of sp³-hybridized carbons (Fsp3) is 0.600. The molecule has 0 spiro atoms. The molecule has 6 nitrogen and oxygen atoms in total. The van der Waals surface area contributed by atoms with Gasteiger partial charge in [-0.25, -0.2) is 9.18 Å². The third kappa shape index (κ3) is 4.25. The molecule has 154 valence electrons. The van der Waals surface area contributed by atoms with E-state index in [2.05, 4.69) is 10.6 Å². The van der Waals surface area contributed by atoms with Crippen molar-refractivity contribution >= 4 is 30.0 Å². The van der Waals surface area contributed by atoms with E-state index in [1.165, 1.54) is 0 Å². The lowest BCUT2D eigenvalue weighted by atomic mass is 9.96. The Morgan fingerprint density at radius 2 is 1.86 bits per heavy atom. The number of carbonyl (C=O) groups excluding carboxylic acids is 2. The Morgan fingerprint density at radius 3 is 2.64 bits per heavy atom. The van der Waals surface area contributed by atoms with Crippen molar-refractivity contribution in [3.05, 3.63) is 29.1 Å². The minimum Gasteiger partial charge on any atom is -0.325 e. The van der Waals surface area contributed by atoms with Crippen LogP contribution in [0.5, 0.6) is 0 Å². The molecule has 3 heterocycles. The molecule has 1 atom stereocenters. The van der Waals surface area contributed by atoms with E-state index < -0.39 is 0 Å². The van der Waals surface area contributed by atoms with Crippen molar-refractivity contribution < 1.29 is 14.0 Å². The van der Waals surface area contributed by atoms with Gasteiger partial charge in [0.2, 0.25) is 5.91 Å². The number of benzene rings is 1. The van der Waals surface area contributed by atoms with Crippen LogP contribution in [-0.2, 0) is 17.8 Å². The maximum Gasteiger partial charge on any atom is 0.320 e. The van der Waals surface area contributed by atoms with Crippen molar-refractivity contribution in [2.45, 2.75) is 38.6 Å². The van der Waals surface area contributed by atoms with Crippen LogP contribution in [0.3, 0.4) is 0 Å². The predicted molar refractivity (Wildman–Crippen MR) is 108 cm³/mol. The summed E-state index contributed by atoms with van der Waals surface area (Å²) in [6.07, 6.45) is 4.27. The fourth-order valence-corrected chi connectivity index (χ4v) is 4.34. The van der Waals surface area contributed by atoms with E-state index in [-0.39, 0.29) is 41.8 Å². The van der Waals surface area contributed by atoms with Crippen LogP contribution in [0.2, 0.25) is 0 Å². The van der Waals surface area contributed by atoms with Crippen molar-refractivity contribution in [2.75, 3.05) is 38.0 Å². The Bertz CT molecular complexity index is 739. The predicted octanol–water partition coefficient (Wildman–Crippen LogP) is 2.76. The summed E-state index contributed by atoms with van der Waals surface area (Å²) in [5.74, 6) is -0.799. The first-order chi connectivity index (χ1) is 13.1. The van der Waals surface area contributed by atoms with Gasteiger partial charge in [0.15, 0.2) is 0 Å². The number of rotatable bonds is 2. The molecule has 0 bridgehead atoms. The highest BCUT2D eigenvalue weighted by atomic mass is 35.5. The van der Waals surface area contributed by atoms with Gasteiger partial charge in [-0.1, -0.05) is 6.07 Å². The van der Waals surface area contributed by atoms with Crippen LogP contribution in [0.4, 0.5) is 14.9 Å². The molecule has 1 unspecified atom stereocenters. The number of anilines is 1. The molecule has 8 heteroatoms. The molecule has 1 aromatic carbocycles. The van der Waals surface area contributed by atoms with E-state index in [1.807, 2.05) is 11.0 Å². The van der Waals surface area contributed by atoms with Crippen molar-refractivity contribution in [3.63, 3.8) is 0 Å². The van der Waals surface area contributed by atoms with Crippen LogP contribution in [0, 0.1) is 11.7 Å². The number of urea groups is 1. The number of carbonyl (C=O) groups is 2. The summed E-state index contributed by atoms with van der Waals surface area (Å²) in [6, 6.07) is 3.57. The number of halogens is 2. The molecule has 1 aromatic rings. The molecule has 2 fully saturated rings. The number of likely N-dealkylation sites (tertiary alicyclic amines) is 2. The van der Waals surface area contributed by atoms with Crippen LogP contribution in [0.15, 0.2) is 12.1 Å². The first-order valence-corrected chi connectivity index (χ1v) is 9.99. The van der Waals surface area contributed by atoms with Gasteiger partial charge in [0, 0.05) is 32.7 Å². The molecule has 2 N–H and O–H groups in total. The maximum absolute atomic E-state index is 14.8. The third-order valence-corrected chi connectivity index (χ3v) is 5.90. The molecular formula is C20H28ClFN4O2. The lowest BCUT2D eigenvalue weighted by Gasteiger charge is -2.34. The summed E-state index contributed by atoms with van der Waals surface area (Å²) in [6.45, 7) is 4.13. The van der Waals surface area contributed by atoms with Gasteiger partial charge in [-0.15, -0.1) is 12.4 Å². The Kier molecular flexibility index (Phi) is 6.78. The third-order valence-electron chi connectivity index (χ3n) is 5.90. The Labute approximate surface area is 171 Å². The number of piperidine rings is 1. The Morgan fingerprint density at radius 1 is 1.11 bits per heavy atom. The number of nitrogens with zero attached hydrogens (tertiary/aromatic N) is 2. The topological polar surface area (TPSA) is 64.7 Å². The molecule has 0 radical (unpaired) electrons. The highest BCUT2D eigenvalue weighted by Crippen LogP contribution is 2.26.